The van der Waals surface area contributed by atoms with E-state index >= 15 is 0 Å². The molecule has 3 rings (SSSR count). The van der Waals surface area contributed by atoms with Crippen LogP contribution in [0.3, 0.4) is 0 Å². The molecule has 0 aliphatic carbocycles. The number of carbonyl (C=O) groups is 2. The van der Waals surface area contributed by atoms with Crippen LogP contribution in [0.1, 0.15) is 22.8 Å². The maximum atomic E-state index is 12.6. The van der Waals surface area contributed by atoms with Crippen LogP contribution in [0.25, 0.3) is 0 Å². The Bertz CT molecular complexity index is 830. The van der Waals surface area contributed by atoms with Crippen molar-refractivity contribution in [3.63, 3.8) is 0 Å². The lowest BCUT2D eigenvalue weighted by atomic mass is 9.96. The molecule has 1 heterocycles. The van der Waals surface area contributed by atoms with Gasteiger partial charge in [-0.15, -0.1) is 0 Å². The molecule has 1 saturated heterocycles. The molecule has 1 aliphatic rings. The Morgan fingerprint density at radius 3 is 2.30 bits per heavy atom. The van der Waals surface area contributed by atoms with Gasteiger partial charge in [-0.2, -0.15) is 0 Å². The SMILES string of the molecule is CC(=O)N[C@H]1[C@@H](OCc2ccccc2)O[C@@H](CO)[C@@H](O)[C@H]1OC(=O)c1ccccc1. The molecule has 0 saturated carbocycles. The number of esters is 1. The molecule has 160 valence electrons. The van der Waals surface area contributed by atoms with Crippen LogP contribution in [-0.4, -0.2) is 59.3 Å². The van der Waals surface area contributed by atoms with Crippen molar-refractivity contribution >= 4 is 11.9 Å². The summed E-state index contributed by atoms with van der Waals surface area (Å²) in [7, 11) is 0. The molecule has 1 aliphatic heterocycles. The zero-order valence-corrected chi connectivity index (χ0v) is 16.5. The van der Waals surface area contributed by atoms with Gasteiger partial charge >= 0.3 is 5.97 Å². The van der Waals surface area contributed by atoms with Crippen LogP contribution in [0.15, 0.2) is 60.7 Å². The van der Waals surface area contributed by atoms with Gasteiger partial charge in [-0.1, -0.05) is 48.5 Å². The molecule has 0 radical (unpaired) electrons. The van der Waals surface area contributed by atoms with E-state index in [1.165, 1.54) is 6.92 Å². The molecule has 0 aromatic heterocycles. The van der Waals surface area contributed by atoms with Gasteiger partial charge in [0.2, 0.25) is 5.91 Å². The number of benzene rings is 2. The minimum Gasteiger partial charge on any atom is -0.453 e. The van der Waals surface area contributed by atoms with E-state index in [0.29, 0.717) is 5.56 Å². The minimum atomic E-state index is -1.36. The largest absolute Gasteiger partial charge is 0.453 e. The highest BCUT2D eigenvalue weighted by Crippen LogP contribution is 2.26. The Morgan fingerprint density at radius 2 is 1.70 bits per heavy atom. The number of amides is 1. The third kappa shape index (κ3) is 5.43. The van der Waals surface area contributed by atoms with E-state index in [0.717, 1.165) is 5.56 Å². The van der Waals surface area contributed by atoms with Gasteiger partial charge in [0.25, 0.3) is 0 Å². The highest BCUT2D eigenvalue weighted by molar-refractivity contribution is 5.89. The lowest BCUT2D eigenvalue weighted by Gasteiger charge is -2.43. The van der Waals surface area contributed by atoms with E-state index in [9.17, 15) is 19.8 Å². The van der Waals surface area contributed by atoms with E-state index < -0.39 is 49.1 Å². The van der Waals surface area contributed by atoms with Crippen LogP contribution >= 0.6 is 0 Å². The van der Waals surface area contributed by atoms with Crippen molar-refractivity contribution in [3.05, 3.63) is 71.8 Å². The normalized spacial score (nSPS) is 26.0. The summed E-state index contributed by atoms with van der Waals surface area (Å²) in [6.45, 7) is 0.947. The summed E-state index contributed by atoms with van der Waals surface area (Å²) in [5, 5.41) is 22.9. The lowest BCUT2D eigenvalue weighted by molar-refractivity contribution is -0.273. The first-order chi connectivity index (χ1) is 14.5. The quantitative estimate of drug-likeness (QED) is 0.578. The molecule has 0 unspecified atom stereocenters. The number of aliphatic hydroxyl groups excluding tert-OH is 2. The molecule has 8 nitrogen and oxygen atoms in total. The average Bonchev–Trinajstić information content (AvgIpc) is 2.76. The van der Waals surface area contributed by atoms with Gasteiger partial charge in [0.1, 0.15) is 18.2 Å². The molecule has 0 spiro atoms. The summed E-state index contributed by atoms with van der Waals surface area (Å²) in [5.41, 5.74) is 1.16. The third-order valence-corrected chi connectivity index (χ3v) is 4.73. The summed E-state index contributed by atoms with van der Waals surface area (Å²) < 4.78 is 17.0. The Labute approximate surface area is 174 Å². The van der Waals surface area contributed by atoms with E-state index in [1.54, 1.807) is 30.3 Å². The number of rotatable bonds is 7. The van der Waals surface area contributed by atoms with Gasteiger partial charge in [0, 0.05) is 6.92 Å². The summed E-state index contributed by atoms with van der Waals surface area (Å²) >= 11 is 0. The number of nitrogens with one attached hydrogen (secondary N) is 1. The molecule has 8 heteroatoms. The Morgan fingerprint density at radius 1 is 1.07 bits per heavy atom. The van der Waals surface area contributed by atoms with Gasteiger partial charge in [-0.3, -0.25) is 4.79 Å². The zero-order chi connectivity index (χ0) is 21.5. The highest BCUT2D eigenvalue weighted by Gasteiger charge is 2.48. The summed E-state index contributed by atoms with van der Waals surface area (Å²) in [6, 6.07) is 16.6. The molecule has 5 atom stereocenters. The fourth-order valence-electron chi connectivity index (χ4n) is 3.26. The Balaban J connectivity index is 1.82. The second-order valence-electron chi connectivity index (χ2n) is 6.97. The third-order valence-electron chi connectivity index (χ3n) is 4.73. The second-order valence-corrected chi connectivity index (χ2v) is 6.97. The van der Waals surface area contributed by atoms with Gasteiger partial charge in [0.15, 0.2) is 12.4 Å². The minimum absolute atomic E-state index is 0.162. The van der Waals surface area contributed by atoms with E-state index in [1.807, 2.05) is 30.3 Å². The van der Waals surface area contributed by atoms with Gasteiger partial charge < -0.3 is 29.7 Å². The van der Waals surface area contributed by atoms with E-state index in [-0.39, 0.29) is 6.61 Å². The predicted octanol–water partition coefficient (Wildman–Crippen LogP) is 1.01. The van der Waals surface area contributed by atoms with Crippen LogP contribution < -0.4 is 5.32 Å². The first-order valence-corrected chi connectivity index (χ1v) is 9.62. The topological polar surface area (TPSA) is 114 Å². The Hall–Kier alpha value is -2.78. The van der Waals surface area contributed by atoms with E-state index in [4.69, 9.17) is 14.2 Å². The van der Waals surface area contributed by atoms with Crippen molar-refractivity contribution in [3.8, 4) is 0 Å². The molecule has 0 bridgehead atoms. The fourth-order valence-corrected chi connectivity index (χ4v) is 3.26. The molecular formula is C22H25NO7. The first-order valence-electron chi connectivity index (χ1n) is 9.62. The summed E-state index contributed by atoms with van der Waals surface area (Å²) in [4.78, 5) is 24.4. The summed E-state index contributed by atoms with van der Waals surface area (Å²) in [5.74, 6) is -1.08. The number of aliphatic hydroxyl groups is 2. The molecule has 1 amide bonds. The van der Waals surface area contributed by atoms with Gasteiger partial charge in [-0.05, 0) is 17.7 Å². The van der Waals surface area contributed by atoms with Crippen molar-refractivity contribution in [1.82, 2.24) is 5.32 Å². The van der Waals surface area contributed by atoms with Gasteiger partial charge in [-0.25, -0.2) is 4.79 Å². The van der Waals surface area contributed by atoms with Crippen LogP contribution in [0, 0.1) is 0 Å². The van der Waals surface area contributed by atoms with Crippen molar-refractivity contribution in [2.45, 2.75) is 44.2 Å². The zero-order valence-electron chi connectivity index (χ0n) is 16.5. The van der Waals surface area contributed by atoms with Crippen LogP contribution in [0.5, 0.6) is 0 Å². The standard InChI is InChI=1S/C22H25NO7/c1-14(25)23-18-20(30-21(27)16-10-6-3-7-11-16)19(26)17(12-24)29-22(18)28-13-15-8-4-2-5-9-15/h2-11,17-20,22,24,26H,12-13H2,1H3,(H,23,25)/t17-,18+,19+,20-,22-/m0/s1. The fraction of sp³-hybridized carbons (Fsp3) is 0.364. The number of hydrogen-bond donors (Lipinski definition) is 3. The van der Waals surface area contributed by atoms with Crippen LogP contribution in [0.4, 0.5) is 0 Å². The molecule has 2 aromatic rings. The van der Waals surface area contributed by atoms with Crippen molar-refractivity contribution in [1.29, 1.82) is 0 Å². The number of hydrogen-bond acceptors (Lipinski definition) is 7. The smallest absolute Gasteiger partial charge is 0.338 e. The van der Waals surface area contributed by atoms with Crippen LogP contribution in [0.2, 0.25) is 0 Å². The summed E-state index contributed by atoms with van der Waals surface area (Å²) in [6.07, 6.45) is -4.66. The first kappa shape index (κ1) is 21.9. The molecule has 30 heavy (non-hydrogen) atoms. The number of ether oxygens (including phenoxy) is 3. The monoisotopic (exact) mass is 415 g/mol. The molecule has 2 aromatic carbocycles. The molecule has 1 fully saturated rings. The van der Waals surface area contributed by atoms with Crippen molar-refractivity contribution < 1.29 is 34.0 Å². The maximum Gasteiger partial charge on any atom is 0.338 e. The van der Waals surface area contributed by atoms with Crippen molar-refractivity contribution in [2.24, 2.45) is 0 Å². The maximum absolute atomic E-state index is 12.6. The lowest BCUT2D eigenvalue weighted by Crippen LogP contribution is -2.65. The molecular weight excluding hydrogens is 390 g/mol. The number of carbonyl (C=O) groups excluding carboxylic acids is 2. The Kier molecular flexibility index (Phi) is 7.53. The van der Waals surface area contributed by atoms with Gasteiger partial charge in [0.05, 0.1) is 18.8 Å². The van der Waals surface area contributed by atoms with E-state index in [2.05, 4.69) is 5.32 Å². The highest BCUT2D eigenvalue weighted by atomic mass is 16.7. The van der Waals surface area contributed by atoms with Crippen molar-refractivity contribution in [2.75, 3.05) is 6.61 Å². The predicted molar refractivity (Wildman–Crippen MR) is 106 cm³/mol. The average molecular weight is 415 g/mol. The van der Waals surface area contributed by atoms with Crippen LogP contribution in [-0.2, 0) is 25.6 Å². The second kappa shape index (κ2) is 10.3. The molecule has 3 N–H and O–H groups in total.